The fraction of sp³-hybridized carbons (Fsp3) is 0.350. The van der Waals surface area contributed by atoms with Crippen molar-refractivity contribution in [3.63, 3.8) is 0 Å². The number of rotatable bonds is 6. The third-order valence-corrected chi connectivity index (χ3v) is 4.21. The zero-order chi connectivity index (χ0) is 21.7. The number of benzene rings is 1. The second-order valence-electron chi connectivity index (χ2n) is 6.73. The second kappa shape index (κ2) is 9.02. The minimum atomic E-state index is -4.52. The van der Waals surface area contributed by atoms with Crippen LogP contribution in [-0.2, 0) is 26.3 Å². The standard InChI is InChI=1S/C20H23F3N6O/c1-4-24-19(25-9-15-11-29(3)28-17(15)20(21,22)23)26-10-16-12-30-18(27-16)14-7-5-13(2)6-8-14/h5-8,11-12H,4,9-10H2,1-3H3,(H2,24,25,26). The lowest BCUT2D eigenvalue weighted by Gasteiger charge is -2.10. The maximum atomic E-state index is 13.1. The van der Waals surface area contributed by atoms with E-state index in [1.54, 1.807) is 0 Å². The number of alkyl halides is 3. The van der Waals surface area contributed by atoms with Gasteiger partial charge < -0.3 is 15.1 Å². The van der Waals surface area contributed by atoms with E-state index in [2.05, 4.69) is 25.7 Å². The summed E-state index contributed by atoms with van der Waals surface area (Å²) in [5, 5.41) is 9.55. The van der Waals surface area contributed by atoms with Gasteiger partial charge in [-0.15, -0.1) is 0 Å². The summed E-state index contributed by atoms with van der Waals surface area (Å²) in [6, 6.07) is 7.80. The molecule has 0 atom stereocenters. The predicted octanol–water partition coefficient (Wildman–Crippen LogP) is 3.66. The molecule has 30 heavy (non-hydrogen) atoms. The number of halogens is 3. The molecule has 0 aliphatic rings. The average molecular weight is 420 g/mol. The van der Waals surface area contributed by atoms with Crippen molar-refractivity contribution in [1.82, 2.24) is 25.4 Å². The third kappa shape index (κ3) is 5.40. The Balaban J connectivity index is 1.67. The molecule has 3 rings (SSSR count). The first kappa shape index (κ1) is 21.4. The highest BCUT2D eigenvalue weighted by Gasteiger charge is 2.36. The number of oxazole rings is 1. The smallest absolute Gasteiger partial charge is 0.435 e. The van der Waals surface area contributed by atoms with Crippen molar-refractivity contribution in [2.75, 3.05) is 6.54 Å². The van der Waals surface area contributed by atoms with Gasteiger partial charge in [0.1, 0.15) is 6.26 Å². The van der Waals surface area contributed by atoms with Gasteiger partial charge in [0.05, 0.1) is 18.8 Å². The molecule has 0 spiro atoms. The zero-order valence-electron chi connectivity index (χ0n) is 16.9. The Kier molecular flexibility index (Phi) is 6.43. The fourth-order valence-electron chi connectivity index (χ4n) is 2.79. The third-order valence-electron chi connectivity index (χ3n) is 4.21. The Labute approximate surface area is 172 Å². The number of hydrogen-bond donors (Lipinski definition) is 2. The molecule has 0 unspecified atom stereocenters. The molecule has 2 N–H and O–H groups in total. The summed E-state index contributed by atoms with van der Waals surface area (Å²) < 4.78 is 45.9. The molecule has 0 bridgehead atoms. The number of guanidine groups is 1. The van der Waals surface area contributed by atoms with Crippen molar-refractivity contribution in [3.8, 4) is 11.5 Å². The maximum Gasteiger partial charge on any atom is 0.435 e. The SMILES string of the molecule is CCNC(=NCc1cn(C)nc1C(F)(F)F)NCc1coc(-c2ccc(C)cc2)n1. The molecular weight excluding hydrogens is 397 g/mol. The monoisotopic (exact) mass is 420 g/mol. The molecule has 7 nitrogen and oxygen atoms in total. The quantitative estimate of drug-likeness (QED) is 0.470. The molecule has 10 heteroatoms. The normalized spacial score (nSPS) is 12.3. The van der Waals surface area contributed by atoms with Crippen LogP contribution in [0.25, 0.3) is 11.5 Å². The Morgan fingerprint density at radius 2 is 1.93 bits per heavy atom. The van der Waals surface area contributed by atoms with Crippen LogP contribution in [0.4, 0.5) is 13.2 Å². The highest BCUT2D eigenvalue weighted by atomic mass is 19.4. The Morgan fingerprint density at radius 1 is 1.20 bits per heavy atom. The first-order valence-electron chi connectivity index (χ1n) is 9.39. The fourth-order valence-corrected chi connectivity index (χ4v) is 2.79. The van der Waals surface area contributed by atoms with E-state index in [-0.39, 0.29) is 12.1 Å². The topological polar surface area (TPSA) is 80.3 Å². The number of aryl methyl sites for hydroxylation is 2. The van der Waals surface area contributed by atoms with Crippen LogP contribution >= 0.6 is 0 Å². The summed E-state index contributed by atoms with van der Waals surface area (Å²) in [4.78, 5) is 8.68. The second-order valence-corrected chi connectivity index (χ2v) is 6.73. The number of nitrogens with one attached hydrogen (secondary N) is 2. The molecule has 3 aromatic rings. The minimum Gasteiger partial charge on any atom is -0.444 e. The Bertz CT molecular complexity index is 1000. The molecule has 0 aliphatic carbocycles. The van der Waals surface area contributed by atoms with Gasteiger partial charge in [-0.05, 0) is 26.0 Å². The van der Waals surface area contributed by atoms with E-state index in [1.807, 2.05) is 38.1 Å². The van der Waals surface area contributed by atoms with Crippen LogP contribution in [0, 0.1) is 6.92 Å². The number of nitrogens with zero attached hydrogens (tertiary/aromatic N) is 4. The van der Waals surface area contributed by atoms with Gasteiger partial charge in [0.25, 0.3) is 0 Å². The largest absolute Gasteiger partial charge is 0.444 e. The lowest BCUT2D eigenvalue weighted by molar-refractivity contribution is -0.142. The van der Waals surface area contributed by atoms with Crippen LogP contribution in [-0.4, -0.2) is 27.3 Å². The lowest BCUT2D eigenvalue weighted by atomic mass is 10.1. The molecule has 160 valence electrons. The van der Waals surface area contributed by atoms with E-state index < -0.39 is 11.9 Å². The van der Waals surface area contributed by atoms with Gasteiger partial charge in [0.2, 0.25) is 5.89 Å². The van der Waals surface area contributed by atoms with Crippen molar-refractivity contribution in [1.29, 1.82) is 0 Å². The summed E-state index contributed by atoms with van der Waals surface area (Å²) in [7, 11) is 1.45. The van der Waals surface area contributed by atoms with E-state index in [4.69, 9.17) is 4.42 Å². The van der Waals surface area contributed by atoms with Crippen LogP contribution < -0.4 is 10.6 Å². The molecule has 1 aromatic carbocycles. The summed E-state index contributed by atoms with van der Waals surface area (Å²) >= 11 is 0. The van der Waals surface area contributed by atoms with Crippen LogP contribution in [0.3, 0.4) is 0 Å². The van der Waals surface area contributed by atoms with E-state index in [0.29, 0.717) is 30.6 Å². The van der Waals surface area contributed by atoms with Crippen LogP contribution in [0.1, 0.15) is 29.4 Å². The molecule has 0 radical (unpaired) electrons. The summed E-state index contributed by atoms with van der Waals surface area (Å²) in [6.07, 6.45) is -1.67. The van der Waals surface area contributed by atoms with Crippen LogP contribution in [0.2, 0.25) is 0 Å². The summed E-state index contributed by atoms with van der Waals surface area (Å²) in [6.45, 7) is 4.57. The molecule has 0 aliphatic heterocycles. The molecule has 0 fully saturated rings. The number of hydrogen-bond acceptors (Lipinski definition) is 4. The Hall–Kier alpha value is -3.30. The van der Waals surface area contributed by atoms with Gasteiger partial charge >= 0.3 is 6.18 Å². The van der Waals surface area contributed by atoms with Gasteiger partial charge in [-0.2, -0.15) is 18.3 Å². The van der Waals surface area contributed by atoms with Gasteiger partial charge in [0, 0.05) is 30.9 Å². The molecule has 0 saturated carbocycles. The van der Waals surface area contributed by atoms with Crippen molar-refractivity contribution < 1.29 is 17.6 Å². The number of aromatic nitrogens is 3. The zero-order valence-corrected chi connectivity index (χ0v) is 16.9. The van der Waals surface area contributed by atoms with Crippen molar-refractivity contribution in [2.45, 2.75) is 33.1 Å². The van der Waals surface area contributed by atoms with Gasteiger partial charge in [-0.1, -0.05) is 17.7 Å². The van der Waals surface area contributed by atoms with Gasteiger partial charge in [0.15, 0.2) is 11.7 Å². The van der Waals surface area contributed by atoms with Gasteiger partial charge in [-0.3, -0.25) is 4.68 Å². The molecule has 0 amide bonds. The minimum absolute atomic E-state index is 0.00490. The molecule has 0 saturated heterocycles. The van der Waals surface area contributed by atoms with Crippen molar-refractivity contribution >= 4 is 5.96 Å². The lowest BCUT2D eigenvalue weighted by Crippen LogP contribution is -2.36. The van der Waals surface area contributed by atoms with Crippen molar-refractivity contribution in [2.24, 2.45) is 12.0 Å². The van der Waals surface area contributed by atoms with E-state index in [0.717, 1.165) is 15.8 Å². The highest BCUT2D eigenvalue weighted by Crippen LogP contribution is 2.30. The van der Waals surface area contributed by atoms with E-state index >= 15 is 0 Å². The molecule has 2 heterocycles. The highest BCUT2D eigenvalue weighted by molar-refractivity contribution is 5.79. The summed E-state index contributed by atoms with van der Waals surface area (Å²) in [5.74, 6) is 0.869. The van der Waals surface area contributed by atoms with E-state index in [9.17, 15) is 13.2 Å². The number of aliphatic imine (C=N–C) groups is 1. The Morgan fingerprint density at radius 3 is 2.60 bits per heavy atom. The predicted molar refractivity (Wildman–Crippen MR) is 107 cm³/mol. The first-order chi connectivity index (χ1) is 14.3. The van der Waals surface area contributed by atoms with E-state index in [1.165, 1.54) is 19.5 Å². The maximum absolute atomic E-state index is 13.1. The van der Waals surface area contributed by atoms with Gasteiger partial charge in [-0.25, -0.2) is 9.98 Å². The van der Waals surface area contributed by atoms with Crippen LogP contribution in [0.15, 0.2) is 46.1 Å². The molecule has 2 aromatic heterocycles. The molecular formula is C20H23F3N6O. The average Bonchev–Trinajstić information content (AvgIpc) is 3.31. The van der Waals surface area contributed by atoms with Crippen molar-refractivity contribution in [3.05, 3.63) is 59.2 Å². The summed E-state index contributed by atoms with van der Waals surface area (Å²) in [5.41, 5.74) is 1.73. The van der Waals surface area contributed by atoms with Crippen LogP contribution in [0.5, 0.6) is 0 Å². The first-order valence-corrected chi connectivity index (χ1v) is 9.39.